The zero-order chi connectivity index (χ0) is 20.1. The average molecular weight is 396 g/mol. The number of hydrogen-bond acceptors (Lipinski definition) is 4. The van der Waals surface area contributed by atoms with E-state index in [9.17, 15) is 13.2 Å². The number of carbonyl (C=O) groups is 1. The third-order valence-electron chi connectivity index (χ3n) is 4.03. The Morgan fingerprint density at radius 3 is 2.43 bits per heavy atom. The quantitative estimate of drug-likeness (QED) is 0.658. The van der Waals surface area contributed by atoms with E-state index in [0.29, 0.717) is 17.1 Å². The Labute approximate surface area is 164 Å². The first-order chi connectivity index (χ1) is 13.4. The van der Waals surface area contributed by atoms with Gasteiger partial charge in [-0.25, -0.2) is 8.42 Å². The van der Waals surface area contributed by atoms with Gasteiger partial charge in [0.2, 0.25) is 0 Å². The number of rotatable bonds is 6. The van der Waals surface area contributed by atoms with Crippen LogP contribution in [0.15, 0.2) is 77.7 Å². The number of carbonyl (C=O) groups excluding carboxylic acids is 1. The third-order valence-corrected chi connectivity index (χ3v) is 5.40. The summed E-state index contributed by atoms with van der Waals surface area (Å²) in [6.45, 7) is 1.92. The zero-order valence-corrected chi connectivity index (χ0v) is 16.3. The van der Waals surface area contributed by atoms with Crippen LogP contribution in [0.2, 0.25) is 0 Å². The molecule has 7 heteroatoms. The first kappa shape index (κ1) is 19.4. The lowest BCUT2D eigenvalue weighted by Crippen LogP contribution is -2.16. The fraction of sp³-hybridized carbons (Fsp3) is 0.0952. The minimum absolute atomic E-state index is 0.0182. The van der Waals surface area contributed by atoms with E-state index < -0.39 is 10.0 Å². The number of ether oxygens (including phenoxy) is 1. The molecule has 0 saturated heterocycles. The third kappa shape index (κ3) is 4.50. The van der Waals surface area contributed by atoms with Crippen molar-refractivity contribution in [2.75, 3.05) is 17.1 Å². The molecule has 3 aromatic rings. The number of nitrogens with one attached hydrogen (secondary N) is 2. The molecule has 0 aliphatic carbocycles. The van der Waals surface area contributed by atoms with Gasteiger partial charge in [-0.3, -0.25) is 9.52 Å². The van der Waals surface area contributed by atoms with Crippen molar-refractivity contribution in [2.24, 2.45) is 0 Å². The van der Waals surface area contributed by atoms with Crippen LogP contribution < -0.4 is 14.8 Å². The zero-order valence-electron chi connectivity index (χ0n) is 15.5. The van der Waals surface area contributed by atoms with Crippen molar-refractivity contribution in [1.29, 1.82) is 0 Å². The fourth-order valence-corrected chi connectivity index (χ4v) is 3.78. The van der Waals surface area contributed by atoms with Gasteiger partial charge >= 0.3 is 0 Å². The summed E-state index contributed by atoms with van der Waals surface area (Å²) in [7, 11) is -2.43. The monoisotopic (exact) mass is 396 g/mol. The van der Waals surface area contributed by atoms with E-state index in [1.54, 1.807) is 36.4 Å². The molecule has 6 nitrogen and oxygen atoms in total. The Bertz CT molecular complexity index is 1110. The number of aryl methyl sites for hydroxylation is 1. The molecule has 0 heterocycles. The number of para-hydroxylation sites is 2. The summed E-state index contributed by atoms with van der Waals surface area (Å²) in [5.74, 6) is 0.0133. The lowest BCUT2D eigenvalue weighted by Gasteiger charge is -2.12. The van der Waals surface area contributed by atoms with Gasteiger partial charge in [-0.2, -0.15) is 0 Å². The Balaban J connectivity index is 1.84. The molecule has 3 rings (SSSR count). The predicted molar refractivity (Wildman–Crippen MR) is 109 cm³/mol. The Kier molecular flexibility index (Phi) is 5.65. The van der Waals surface area contributed by atoms with Gasteiger partial charge in [-0.15, -0.1) is 0 Å². The van der Waals surface area contributed by atoms with E-state index >= 15 is 0 Å². The lowest BCUT2D eigenvalue weighted by atomic mass is 10.2. The molecule has 0 aliphatic rings. The minimum Gasteiger partial charge on any atom is -0.495 e. The van der Waals surface area contributed by atoms with Gasteiger partial charge in [0, 0.05) is 11.3 Å². The van der Waals surface area contributed by atoms with Gasteiger partial charge in [0.05, 0.1) is 17.7 Å². The number of benzene rings is 3. The van der Waals surface area contributed by atoms with Crippen LogP contribution in [0, 0.1) is 6.92 Å². The number of anilines is 2. The maximum atomic E-state index is 12.7. The molecule has 0 spiro atoms. The van der Waals surface area contributed by atoms with Crippen LogP contribution in [0.4, 0.5) is 11.4 Å². The van der Waals surface area contributed by atoms with E-state index in [2.05, 4.69) is 10.0 Å². The topological polar surface area (TPSA) is 84.5 Å². The van der Waals surface area contributed by atoms with Crippen molar-refractivity contribution in [3.8, 4) is 5.75 Å². The second-order valence-corrected chi connectivity index (χ2v) is 7.84. The molecular weight excluding hydrogens is 376 g/mol. The van der Waals surface area contributed by atoms with Gasteiger partial charge in [-0.05, 0) is 55.0 Å². The molecule has 0 bridgehead atoms. The van der Waals surface area contributed by atoms with E-state index in [1.165, 1.54) is 25.3 Å². The first-order valence-corrected chi connectivity index (χ1v) is 10.0. The molecule has 144 valence electrons. The van der Waals surface area contributed by atoms with Gasteiger partial charge in [0.15, 0.2) is 0 Å². The molecule has 0 aromatic heterocycles. The highest BCUT2D eigenvalue weighted by atomic mass is 32.2. The van der Waals surface area contributed by atoms with Crippen LogP contribution in [0.25, 0.3) is 0 Å². The summed E-state index contributed by atoms with van der Waals surface area (Å²) in [4.78, 5) is 12.5. The van der Waals surface area contributed by atoms with Crippen LogP contribution in [0.5, 0.6) is 5.75 Å². The molecule has 2 N–H and O–H groups in total. The second-order valence-electron chi connectivity index (χ2n) is 6.16. The number of methoxy groups -OCH3 is 1. The molecule has 0 unspecified atom stereocenters. The summed E-state index contributed by atoms with van der Waals surface area (Å²) >= 11 is 0. The Morgan fingerprint density at radius 1 is 0.929 bits per heavy atom. The van der Waals surface area contributed by atoms with Crippen molar-refractivity contribution in [1.82, 2.24) is 0 Å². The van der Waals surface area contributed by atoms with Crippen molar-refractivity contribution < 1.29 is 17.9 Å². The largest absolute Gasteiger partial charge is 0.495 e. The maximum Gasteiger partial charge on any atom is 0.262 e. The number of sulfonamides is 1. The van der Waals surface area contributed by atoms with Crippen LogP contribution in [0.1, 0.15) is 15.9 Å². The molecule has 0 saturated carbocycles. The Hall–Kier alpha value is -3.32. The number of amides is 1. The van der Waals surface area contributed by atoms with Crippen LogP contribution in [-0.4, -0.2) is 21.4 Å². The molecule has 3 aromatic carbocycles. The van der Waals surface area contributed by atoms with Crippen LogP contribution >= 0.6 is 0 Å². The molecule has 1 amide bonds. The average Bonchev–Trinajstić information content (AvgIpc) is 2.68. The summed E-state index contributed by atoms with van der Waals surface area (Å²) in [5, 5.41) is 2.77. The van der Waals surface area contributed by atoms with Gasteiger partial charge in [0.25, 0.3) is 15.9 Å². The van der Waals surface area contributed by atoms with E-state index in [0.717, 1.165) is 5.56 Å². The van der Waals surface area contributed by atoms with Crippen LogP contribution in [0.3, 0.4) is 0 Å². The summed E-state index contributed by atoms with van der Waals surface area (Å²) in [6.07, 6.45) is 0. The second kappa shape index (κ2) is 8.14. The highest BCUT2D eigenvalue weighted by Gasteiger charge is 2.18. The van der Waals surface area contributed by atoms with Crippen molar-refractivity contribution >= 4 is 27.3 Å². The predicted octanol–water partition coefficient (Wildman–Crippen LogP) is 4.06. The van der Waals surface area contributed by atoms with Crippen molar-refractivity contribution in [2.45, 2.75) is 11.8 Å². The SMILES string of the molecule is COc1ccccc1NS(=O)(=O)c1cccc(C(=O)Nc2cccc(C)c2)c1. The van der Waals surface area contributed by atoms with Gasteiger partial charge < -0.3 is 10.1 Å². The Morgan fingerprint density at radius 2 is 1.68 bits per heavy atom. The van der Waals surface area contributed by atoms with Gasteiger partial charge in [0.1, 0.15) is 5.75 Å². The minimum atomic E-state index is -3.89. The molecular formula is C21H20N2O4S. The first-order valence-electron chi connectivity index (χ1n) is 8.53. The smallest absolute Gasteiger partial charge is 0.262 e. The lowest BCUT2D eigenvalue weighted by molar-refractivity contribution is 0.102. The molecule has 0 fully saturated rings. The normalized spacial score (nSPS) is 10.9. The number of hydrogen-bond donors (Lipinski definition) is 2. The molecule has 0 radical (unpaired) electrons. The molecule has 0 aliphatic heterocycles. The fourth-order valence-electron chi connectivity index (χ4n) is 2.66. The molecule has 28 heavy (non-hydrogen) atoms. The highest BCUT2D eigenvalue weighted by molar-refractivity contribution is 7.92. The summed E-state index contributed by atoms with van der Waals surface area (Å²) < 4.78 is 33.2. The summed E-state index contributed by atoms with van der Waals surface area (Å²) in [5.41, 5.74) is 2.21. The summed E-state index contributed by atoms with van der Waals surface area (Å²) in [6, 6.07) is 19.9. The maximum absolute atomic E-state index is 12.7. The van der Waals surface area contributed by atoms with Crippen molar-refractivity contribution in [3.05, 3.63) is 83.9 Å². The van der Waals surface area contributed by atoms with Gasteiger partial charge in [-0.1, -0.05) is 30.3 Å². The van der Waals surface area contributed by atoms with Crippen molar-refractivity contribution in [3.63, 3.8) is 0 Å². The van der Waals surface area contributed by atoms with E-state index in [1.807, 2.05) is 25.1 Å². The van der Waals surface area contributed by atoms with E-state index in [-0.39, 0.29) is 16.4 Å². The molecule has 0 atom stereocenters. The standard InChI is InChI=1S/C21H20N2O4S/c1-15-7-5-9-17(13-15)22-21(24)16-8-6-10-18(14-16)28(25,26)23-19-11-3-4-12-20(19)27-2/h3-14,23H,1-2H3,(H,22,24). The highest BCUT2D eigenvalue weighted by Crippen LogP contribution is 2.26. The van der Waals surface area contributed by atoms with Crippen LogP contribution in [-0.2, 0) is 10.0 Å². The van der Waals surface area contributed by atoms with E-state index in [4.69, 9.17) is 4.74 Å².